The van der Waals surface area contributed by atoms with E-state index in [1.165, 1.54) is 11.8 Å². The van der Waals surface area contributed by atoms with Crippen LogP contribution in [-0.4, -0.2) is 25.2 Å². The van der Waals surface area contributed by atoms with Gasteiger partial charge >= 0.3 is 0 Å². The highest BCUT2D eigenvalue weighted by Gasteiger charge is 2.40. The molecule has 0 spiro atoms. The van der Waals surface area contributed by atoms with Gasteiger partial charge < -0.3 is 9.64 Å². The Hall–Kier alpha value is -3.68. The van der Waals surface area contributed by atoms with E-state index >= 15 is 0 Å². The first kappa shape index (κ1) is 22.8. The minimum Gasteiger partial charge on any atom is -0.497 e. The standard InChI is InChI=1S/C29H23N3O2S2/c1-18-7-6-10-22(15-18)32-27(33)26(28-31(2)24-17-23(34-3)13-14-25(24)35-28)36-29(32)30-21-12-11-19-8-4-5-9-20(19)16-21/h4-17H,1-3H3/b28-26-,30-29?. The Bertz CT molecular complexity index is 1590. The third-order valence-electron chi connectivity index (χ3n) is 6.23. The van der Waals surface area contributed by atoms with Gasteiger partial charge in [-0.15, -0.1) is 0 Å². The van der Waals surface area contributed by atoms with Gasteiger partial charge in [0, 0.05) is 18.0 Å². The number of methoxy groups -OCH3 is 1. The second kappa shape index (κ2) is 9.08. The van der Waals surface area contributed by atoms with Crippen LogP contribution in [0, 0.1) is 6.92 Å². The van der Waals surface area contributed by atoms with Gasteiger partial charge in [0.2, 0.25) is 0 Å². The molecule has 6 rings (SSSR count). The van der Waals surface area contributed by atoms with Crippen molar-refractivity contribution in [2.45, 2.75) is 11.8 Å². The Morgan fingerprint density at radius 2 is 1.69 bits per heavy atom. The zero-order valence-corrected chi connectivity index (χ0v) is 21.7. The van der Waals surface area contributed by atoms with Crippen molar-refractivity contribution in [3.8, 4) is 5.75 Å². The molecule has 4 aromatic carbocycles. The summed E-state index contributed by atoms with van der Waals surface area (Å²) >= 11 is 3.02. The van der Waals surface area contributed by atoms with Crippen molar-refractivity contribution in [3.63, 3.8) is 0 Å². The summed E-state index contributed by atoms with van der Waals surface area (Å²) in [6.07, 6.45) is 0. The summed E-state index contributed by atoms with van der Waals surface area (Å²) in [5.74, 6) is 0.719. The number of hydrogen-bond acceptors (Lipinski definition) is 6. The molecule has 0 atom stereocenters. The molecule has 2 aliphatic rings. The molecule has 2 heterocycles. The largest absolute Gasteiger partial charge is 0.497 e. The Kier molecular flexibility index (Phi) is 5.74. The van der Waals surface area contributed by atoms with E-state index in [0.717, 1.165) is 49.1 Å². The van der Waals surface area contributed by atoms with E-state index in [0.29, 0.717) is 10.1 Å². The van der Waals surface area contributed by atoms with E-state index in [9.17, 15) is 4.79 Å². The molecule has 0 unspecified atom stereocenters. The Morgan fingerprint density at radius 3 is 2.50 bits per heavy atom. The third-order valence-corrected chi connectivity index (χ3v) is 8.63. The van der Waals surface area contributed by atoms with Crippen LogP contribution in [0.3, 0.4) is 0 Å². The Morgan fingerprint density at radius 1 is 0.861 bits per heavy atom. The number of fused-ring (bicyclic) bond motifs is 2. The summed E-state index contributed by atoms with van der Waals surface area (Å²) in [4.78, 5) is 24.5. The van der Waals surface area contributed by atoms with Crippen LogP contribution in [0.15, 0.2) is 105 Å². The molecular formula is C29H23N3O2S2. The fourth-order valence-corrected chi connectivity index (χ4v) is 6.71. The van der Waals surface area contributed by atoms with Crippen molar-refractivity contribution in [2.75, 3.05) is 24.0 Å². The topological polar surface area (TPSA) is 45.1 Å². The third kappa shape index (κ3) is 3.94. The van der Waals surface area contributed by atoms with Crippen LogP contribution in [0.1, 0.15) is 5.56 Å². The lowest BCUT2D eigenvalue weighted by molar-refractivity contribution is -0.113. The van der Waals surface area contributed by atoms with Gasteiger partial charge in [-0.1, -0.05) is 54.2 Å². The van der Waals surface area contributed by atoms with Gasteiger partial charge in [-0.3, -0.25) is 9.69 Å². The molecule has 2 aliphatic heterocycles. The highest BCUT2D eigenvalue weighted by atomic mass is 32.2. The number of amidine groups is 1. The molecule has 0 aromatic heterocycles. The number of carbonyl (C=O) groups is 1. The quantitative estimate of drug-likeness (QED) is 0.271. The first-order valence-electron chi connectivity index (χ1n) is 11.5. The van der Waals surface area contributed by atoms with Gasteiger partial charge in [0.25, 0.3) is 5.91 Å². The van der Waals surface area contributed by atoms with E-state index in [1.54, 1.807) is 23.8 Å². The molecule has 0 radical (unpaired) electrons. The van der Waals surface area contributed by atoms with Gasteiger partial charge in [0.15, 0.2) is 5.17 Å². The summed E-state index contributed by atoms with van der Waals surface area (Å²) in [6.45, 7) is 2.03. The molecule has 0 N–H and O–H groups in total. The number of aliphatic imine (C=N–C) groups is 1. The number of nitrogens with zero attached hydrogens (tertiary/aromatic N) is 3. The number of thioether (sulfide) groups is 2. The van der Waals surface area contributed by atoms with Crippen LogP contribution >= 0.6 is 23.5 Å². The number of carbonyl (C=O) groups excluding carboxylic acids is 1. The van der Waals surface area contributed by atoms with Crippen molar-refractivity contribution < 1.29 is 9.53 Å². The molecule has 1 fully saturated rings. The van der Waals surface area contributed by atoms with Crippen molar-refractivity contribution >= 4 is 62.4 Å². The Balaban J connectivity index is 1.46. The monoisotopic (exact) mass is 509 g/mol. The minimum absolute atomic E-state index is 0.0701. The van der Waals surface area contributed by atoms with Crippen LogP contribution < -0.4 is 14.5 Å². The zero-order chi connectivity index (χ0) is 24.8. The zero-order valence-electron chi connectivity index (χ0n) is 20.1. The summed E-state index contributed by atoms with van der Waals surface area (Å²) in [6, 6.07) is 28.3. The van der Waals surface area contributed by atoms with E-state index in [1.807, 2.05) is 74.6 Å². The second-order valence-corrected chi connectivity index (χ2v) is 10.6. The summed E-state index contributed by atoms with van der Waals surface area (Å²) < 4.78 is 5.42. The Labute approximate surface area is 218 Å². The van der Waals surface area contributed by atoms with Crippen molar-refractivity contribution in [2.24, 2.45) is 4.99 Å². The van der Waals surface area contributed by atoms with E-state index in [4.69, 9.17) is 9.73 Å². The molecular weight excluding hydrogens is 486 g/mol. The van der Waals surface area contributed by atoms with Gasteiger partial charge in [-0.25, -0.2) is 4.99 Å². The summed E-state index contributed by atoms with van der Waals surface area (Å²) in [7, 11) is 3.65. The summed E-state index contributed by atoms with van der Waals surface area (Å²) in [5, 5.41) is 3.82. The number of aryl methyl sites for hydroxylation is 1. The van der Waals surface area contributed by atoms with Crippen LogP contribution in [0.2, 0.25) is 0 Å². The number of benzene rings is 4. The van der Waals surface area contributed by atoms with Gasteiger partial charge in [0.05, 0.1) is 29.2 Å². The average Bonchev–Trinajstić information content (AvgIpc) is 3.39. The fraction of sp³-hybridized carbons (Fsp3) is 0.103. The normalized spacial score (nSPS) is 18.4. The first-order chi connectivity index (χ1) is 17.5. The minimum atomic E-state index is -0.0701. The van der Waals surface area contributed by atoms with Gasteiger partial charge in [0.1, 0.15) is 10.7 Å². The maximum absolute atomic E-state index is 13.9. The predicted octanol–water partition coefficient (Wildman–Crippen LogP) is 7.34. The lowest BCUT2D eigenvalue weighted by Crippen LogP contribution is -2.29. The predicted molar refractivity (Wildman–Crippen MR) is 152 cm³/mol. The molecule has 0 bridgehead atoms. The molecule has 7 heteroatoms. The SMILES string of the molecule is COc1ccc2c(c1)N(C)/C(=C1/SC(=Nc3ccc4ccccc4c3)N(c3cccc(C)c3)C1=O)S2. The second-order valence-electron chi connectivity index (χ2n) is 8.64. The molecule has 0 aliphatic carbocycles. The van der Waals surface area contributed by atoms with Crippen LogP contribution in [0.4, 0.5) is 17.1 Å². The van der Waals surface area contributed by atoms with Gasteiger partial charge in [-0.05, 0) is 71.4 Å². The molecule has 5 nitrogen and oxygen atoms in total. The smallest absolute Gasteiger partial charge is 0.274 e. The first-order valence-corrected chi connectivity index (χ1v) is 13.2. The molecule has 4 aromatic rings. The number of anilines is 2. The van der Waals surface area contributed by atoms with Crippen molar-refractivity contribution in [3.05, 3.63) is 100 Å². The average molecular weight is 510 g/mol. The fourth-order valence-electron chi connectivity index (χ4n) is 4.38. The number of ether oxygens (including phenoxy) is 1. The number of amides is 1. The molecule has 1 amide bonds. The highest BCUT2D eigenvalue weighted by molar-refractivity contribution is 8.20. The van der Waals surface area contributed by atoms with E-state index in [-0.39, 0.29) is 5.91 Å². The number of hydrogen-bond donors (Lipinski definition) is 0. The maximum atomic E-state index is 13.9. The van der Waals surface area contributed by atoms with E-state index in [2.05, 4.69) is 29.2 Å². The van der Waals surface area contributed by atoms with Crippen molar-refractivity contribution in [1.29, 1.82) is 0 Å². The lowest BCUT2D eigenvalue weighted by atomic mass is 10.1. The van der Waals surface area contributed by atoms with Gasteiger partial charge in [-0.2, -0.15) is 0 Å². The van der Waals surface area contributed by atoms with Crippen LogP contribution in [-0.2, 0) is 4.79 Å². The van der Waals surface area contributed by atoms with Crippen LogP contribution in [0.5, 0.6) is 5.75 Å². The molecule has 178 valence electrons. The van der Waals surface area contributed by atoms with Crippen molar-refractivity contribution in [1.82, 2.24) is 0 Å². The molecule has 36 heavy (non-hydrogen) atoms. The number of rotatable bonds is 3. The van der Waals surface area contributed by atoms with Crippen LogP contribution in [0.25, 0.3) is 10.8 Å². The lowest BCUT2D eigenvalue weighted by Gasteiger charge is -2.17. The molecule has 0 saturated carbocycles. The maximum Gasteiger partial charge on any atom is 0.274 e. The highest BCUT2D eigenvalue weighted by Crippen LogP contribution is 2.51. The summed E-state index contributed by atoms with van der Waals surface area (Å²) in [5.41, 5.74) is 3.74. The molecule has 1 saturated heterocycles. The van der Waals surface area contributed by atoms with E-state index < -0.39 is 0 Å².